The van der Waals surface area contributed by atoms with Crippen LogP contribution in [0, 0.1) is 17.2 Å². The summed E-state index contributed by atoms with van der Waals surface area (Å²) in [6.07, 6.45) is -5.72. The zero-order chi connectivity index (χ0) is 16.8. The van der Waals surface area contributed by atoms with Gasteiger partial charge in [0.1, 0.15) is 6.07 Å². The maximum Gasteiger partial charge on any atom is 0.431 e. The third-order valence-corrected chi connectivity index (χ3v) is 4.04. The Morgan fingerprint density at radius 2 is 1.96 bits per heavy atom. The van der Waals surface area contributed by atoms with Crippen LogP contribution in [0.25, 0.3) is 0 Å². The molecule has 2 aliphatic heterocycles. The van der Waals surface area contributed by atoms with Crippen LogP contribution in [0.4, 0.5) is 13.2 Å². The molecule has 0 saturated heterocycles. The Balaban J connectivity index is 2.13. The molecule has 3 N–H and O–H groups in total. The molecule has 2 aliphatic rings. The molecule has 0 aliphatic carbocycles. The Morgan fingerprint density at radius 3 is 2.52 bits per heavy atom. The number of alkyl halides is 3. The van der Waals surface area contributed by atoms with Crippen LogP contribution in [0.5, 0.6) is 0 Å². The lowest BCUT2D eigenvalue weighted by atomic mass is 9.76. The molecular formula is C14H10ClF3N4O. The number of hydrogen-bond donors (Lipinski definition) is 2. The third kappa shape index (κ3) is 2.57. The number of allylic oxidation sites excluding steroid dienone is 1. The molecular weight excluding hydrogens is 333 g/mol. The van der Waals surface area contributed by atoms with Crippen LogP contribution < -0.4 is 11.2 Å². The maximum atomic E-state index is 13.2. The fourth-order valence-electron chi connectivity index (χ4n) is 2.82. The molecule has 0 bridgehead atoms. The highest BCUT2D eigenvalue weighted by Gasteiger charge is 2.55. The fraction of sp³-hybridized carbons (Fsp3) is 0.286. The zero-order valence-electron chi connectivity index (χ0n) is 11.4. The van der Waals surface area contributed by atoms with E-state index >= 15 is 0 Å². The first-order chi connectivity index (χ1) is 10.8. The van der Waals surface area contributed by atoms with Gasteiger partial charge in [0.05, 0.1) is 11.5 Å². The van der Waals surface area contributed by atoms with Crippen molar-refractivity contribution in [1.29, 1.82) is 5.26 Å². The monoisotopic (exact) mass is 342 g/mol. The number of fused-ring (bicyclic) bond motifs is 1. The molecule has 0 fully saturated rings. The lowest BCUT2D eigenvalue weighted by molar-refractivity contribution is -0.0661. The molecule has 0 aromatic heterocycles. The Hall–Kier alpha value is -2.40. The van der Waals surface area contributed by atoms with Gasteiger partial charge in [-0.3, -0.25) is 5.43 Å². The molecule has 23 heavy (non-hydrogen) atoms. The van der Waals surface area contributed by atoms with Crippen LogP contribution in [0.2, 0.25) is 5.02 Å². The van der Waals surface area contributed by atoms with Gasteiger partial charge in [-0.05, 0) is 17.7 Å². The first-order valence-corrected chi connectivity index (χ1v) is 6.93. The van der Waals surface area contributed by atoms with E-state index in [2.05, 4.69) is 10.5 Å². The van der Waals surface area contributed by atoms with E-state index in [1.165, 1.54) is 0 Å². The maximum absolute atomic E-state index is 13.2. The second-order valence-corrected chi connectivity index (χ2v) is 5.54. The predicted octanol–water partition coefficient (Wildman–Crippen LogP) is 2.61. The van der Waals surface area contributed by atoms with E-state index in [0.717, 1.165) is 0 Å². The summed E-state index contributed by atoms with van der Waals surface area (Å²) in [5.41, 5.74) is 7.39. The lowest BCUT2D eigenvalue weighted by Gasteiger charge is -2.34. The number of benzene rings is 1. The Bertz CT molecular complexity index is 736. The van der Waals surface area contributed by atoms with Gasteiger partial charge in [0.15, 0.2) is 11.9 Å². The molecule has 1 aromatic rings. The molecule has 2 heterocycles. The number of rotatable bonds is 1. The van der Waals surface area contributed by atoms with Crippen molar-refractivity contribution in [3.05, 3.63) is 46.3 Å². The van der Waals surface area contributed by atoms with Crippen LogP contribution in [0.1, 0.15) is 11.5 Å². The molecule has 0 amide bonds. The van der Waals surface area contributed by atoms with Gasteiger partial charge in [-0.15, -0.1) is 0 Å². The second-order valence-electron chi connectivity index (χ2n) is 5.11. The number of nitrogens with two attached hydrogens (primary N) is 1. The Labute approximate surface area is 134 Å². The van der Waals surface area contributed by atoms with Crippen molar-refractivity contribution in [1.82, 2.24) is 5.43 Å². The molecule has 0 unspecified atom stereocenters. The van der Waals surface area contributed by atoms with E-state index in [0.29, 0.717) is 10.6 Å². The van der Waals surface area contributed by atoms with Gasteiger partial charge in [0.2, 0.25) is 5.88 Å². The Morgan fingerprint density at radius 1 is 1.30 bits per heavy atom. The van der Waals surface area contributed by atoms with Crippen molar-refractivity contribution >= 4 is 17.3 Å². The quantitative estimate of drug-likeness (QED) is 0.821. The van der Waals surface area contributed by atoms with Gasteiger partial charge in [0.25, 0.3) is 0 Å². The highest BCUT2D eigenvalue weighted by Crippen LogP contribution is 2.45. The lowest BCUT2D eigenvalue weighted by Crippen LogP contribution is -2.45. The van der Waals surface area contributed by atoms with Crippen LogP contribution in [-0.4, -0.2) is 18.1 Å². The molecule has 9 heteroatoms. The minimum atomic E-state index is -4.65. The van der Waals surface area contributed by atoms with Gasteiger partial charge < -0.3 is 10.5 Å². The van der Waals surface area contributed by atoms with E-state index in [1.807, 2.05) is 6.07 Å². The zero-order valence-corrected chi connectivity index (χ0v) is 12.2. The largest absolute Gasteiger partial charge is 0.453 e. The summed E-state index contributed by atoms with van der Waals surface area (Å²) in [4.78, 5) is 0. The minimum absolute atomic E-state index is 0.0609. The van der Waals surface area contributed by atoms with E-state index < -0.39 is 30.0 Å². The summed E-state index contributed by atoms with van der Waals surface area (Å²) in [5, 5.41) is 13.1. The van der Waals surface area contributed by atoms with Crippen molar-refractivity contribution < 1.29 is 17.9 Å². The number of ether oxygens (including phenoxy) is 1. The minimum Gasteiger partial charge on any atom is -0.453 e. The molecule has 1 aromatic carbocycles. The van der Waals surface area contributed by atoms with Crippen molar-refractivity contribution in [2.45, 2.75) is 18.3 Å². The van der Waals surface area contributed by atoms with Gasteiger partial charge in [-0.25, -0.2) is 0 Å². The highest BCUT2D eigenvalue weighted by atomic mass is 35.5. The summed E-state index contributed by atoms with van der Waals surface area (Å²) in [7, 11) is 0. The van der Waals surface area contributed by atoms with Crippen LogP contribution in [0.15, 0.2) is 40.8 Å². The first-order valence-electron chi connectivity index (χ1n) is 6.55. The van der Waals surface area contributed by atoms with Gasteiger partial charge in [-0.2, -0.15) is 23.5 Å². The van der Waals surface area contributed by atoms with Crippen LogP contribution in [0.3, 0.4) is 0 Å². The van der Waals surface area contributed by atoms with E-state index in [-0.39, 0.29) is 11.5 Å². The number of halogens is 4. The average molecular weight is 343 g/mol. The molecule has 0 saturated carbocycles. The van der Waals surface area contributed by atoms with E-state index in [9.17, 15) is 18.4 Å². The van der Waals surface area contributed by atoms with Gasteiger partial charge >= 0.3 is 6.18 Å². The van der Waals surface area contributed by atoms with E-state index in [4.69, 9.17) is 22.1 Å². The first kappa shape index (κ1) is 15.5. The molecule has 120 valence electrons. The molecule has 0 spiro atoms. The van der Waals surface area contributed by atoms with Crippen LogP contribution >= 0.6 is 11.6 Å². The van der Waals surface area contributed by atoms with Crippen molar-refractivity contribution in [2.75, 3.05) is 0 Å². The van der Waals surface area contributed by atoms with Gasteiger partial charge in [0, 0.05) is 10.9 Å². The summed E-state index contributed by atoms with van der Waals surface area (Å²) in [6.45, 7) is 0. The average Bonchev–Trinajstić information content (AvgIpc) is 2.90. The molecule has 0 radical (unpaired) electrons. The number of hydrogen-bond acceptors (Lipinski definition) is 5. The fourth-order valence-corrected chi connectivity index (χ4v) is 2.94. The number of nitriles is 1. The SMILES string of the molecule is N#CC1=C(N)O[C@@H]2NN=C(C(F)(F)F)[C@@H]2[C@H]1c1ccc(Cl)cc1. The van der Waals surface area contributed by atoms with Crippen molar-refractivity contribution in [2.24, 2.45) is 16.8 Å². The normalized spacial score (nSPS) is 26.7. The molecule has 5 nitrogen and oxygen atoms in total. The topological polar surface area (TPSA) is 83.4 Å². The summed E-state index contributed by atoms with van der Waals surface area (Å²) in [6, 6.07) is 8.05. The molecule has 3 rings (SSSR count). The number of nitrogens with one attached hydrogen (secondary N) is 1. The highest BCUT2D eigenvalue weighted by molar-refractivity contribution is 6.30. The second kappa shape index (κ2) is 5.35. The summed E-state index contributed by atoms with van der Waals surface area (Å²) >= 11 is 5.82. The smallest absolute Gasteiger partial charge is 0.431 e. The summed E-state index contributed by atoms with van der Waals surface area (Å²) in [5.74, 6) is -2.34. The van der Waals surface area contributed by atoms with Crippen LogP contribution in [-0.2, 0) is 4.74 Å². The molecule has 3 atom stereocenters. The van der Waals surface area contributed by atoms with Crippen molar-refractivity contribution in [3.63, 3.8) is 0 Å². The number of nitrogens with zero attached hydrogens (tertiary/aromatic N) is 2. The van der Waals surface area contributed by atoms with E-state index in [1.54, 1.807) is 24.3 Å². The van der Waals surface area contributed by atoms with Gasteiger partial charge in [-0.1, -0.05) is 23.7 Å². The Kier molecular flexibility index (Phi) is 3.60. The predicted molar refractivity (Wildman–Crippen MR) is 76.0 cm³/mol. The third-order valence-electron chi connectivity index (χ3n) is 3.78. The number of hydrazone groups is 1. The van der Waals surface area contributed by atoms with Crippen molar-refractivity contribution in [3.8, 4) is 6.07 Å². The summed E-state index contributed by atoms with van der Waals surface area (Å²) < 4.78 is 44.9. The standard InChI is InChI=1S/C14H10ClF3N4O/c15-7-3-1-6(2-4-7)9-8(5-19)12(20)23-13-10(9)11(21-22-13)14(16,17)18/h1-4,9-10,13,22H,20H2/t9-,10-,13-/m0/s1.